The lowest BCUT2D eigenvalue weighted by atomic mass is 9.98. The molecule has 1 aromatic carbocycles. The third kappa shape index (κ3) is 3.34. The number of aldehydes is 1. The van der Waals surface area contributed by atoms with Gasteiger partial charge in [0.15, 0.2) is 11.6 Å². The molecule has 0 aliphatic carbocycles. The SMILES string of the molecule is O=C[C@H]1NCSC1C(=O)[C@H]1NCSC1C(=O)Cc1cc2ccccc2o1. The van der Waals surface area contributed by atoms with Crippen molar-refractivity contribution in [1.29, 1.82) is 0 Å². The van der Waals surface area contributed by atoms with Crippen LogP contribution in [0.15, 0.2) is 34.7 Å². The summed E-state index contributed by atoms with van der Waals surface area (Å²) in [6, 6.07) is 8.45. The summed E-state index contributed by atoms with van der Waals surface area (Å²) in [6.45, 7) is 0. The number of para-hydroxylation sites is 1. The number of ketones is 2. The molecule has 4 rings (SSSR count). The van der Waals surface area contributed by atoms with E-state index in [-0.39, 0.29) is 18.0 Å². The number of carbonyl (C=O) groups excluding carboxylic acids is 3. The van der Waals surface area contributed by atoms with Gasteiger partial charge in [-0.05, 0) is 12.1 Å². The molecule has 136 valence electrons. The van der Waals surface area contributed by atoms with Crippen LogP contribution in [-0.2, 0) is 20.8 Å². The molecule has 2 aliphatic heterocycles. The lowest BCUT2D eigenvalue weighted by molar-refractivity contribution is -0.125. The van der Waals surface area contributed by atoms with Crippen LogP contribution in [0.5, 0.6) is 0 Å². The molecule has 0 bridgehead atoms. The molecule has 8 heteroatoms. The van der Waals surface area contributed by atoms with Gasteiger partial charge < -0.3 is 9.21 Å². The van der Waals surface area contributed by atoms with Gasteiger partial charge in [0.1, 0.15) is 17.6 Å². The highest BCUT2D eigenvalue weighted by molar-refractivity contribution is 8.01. The van der Waals surface area contributed by atoms with Gasteiger partial charge in [0.05, 0.1) is 29.0 Å². The van der Waals surface area contributed by atoms with Crippen molar-refractivity contribution in [2.24, 2.45) is 0 Å². The summed E-state index contributed by atoms with van der Waals surface area (Å²) >= 11 is 2.86. The highest BCUT2D eigenvalue weighted by Gasteiger charge is 2.44. The molecule has 2 fully saturated rings. The number of furan rings is 1. The number of hydrogen-bond acceptors (Lipinski definition) is 8. The second-order valence-corrected chi connectivity index (χ2v) is 8.57. The number of rotatable bonds is 6. The Kier molecular flexibility index (Phi) is 5.17. The van der Waals surface area contributed by atoms with Crippen molar-refractivity contribution >= 4 is 52.3 Å². The monoisotopic (exact) mass is 390 g/mol. The molecule has 0 saturated carbocycles. The van der Waals surface area contributed by atoms with Gasteiger partial charge in [0, 0.05) is 17.1 Å². The molecule has 2 aliphatic rings. The summed E-state index contributed by atoms with van der Waals surface area (Å²) in [5, 5.41) is 6.19. The first-order valence-corrected chi connectivity index (χ1v) is 10.5. The predicted octanol–water partition coefficient (Wildman–Crippen LogP) is 1.37. The van der Waals surface area contributed by atoms with Crippen LogP contribution in [0, 0.1) is 0 Å². The first-order chi connectivity index (χ1) is 12.7. The molecule has 2 aromatic rings. The number of carbonyl (C=O) groups is 3. The van der Waals surface area contributed by atoms with Gasteiger partial charge in [-0.1, -0.05) is 18.2 Å². The lowest BCUT2D eigenvalue weighted by Gasteiger charge is -2.20. The minimum atomic E-state index is -0.559. The molecule has 2 saturated heterocycles. The first-order valence-electron chi connectivity index (χ1n) is 8.36. The standard InChI is InChI=1S/C18H18N2O4S2/c21-7-12-17(25-8-19-12)16(23)15-18(26-9-20-15)13(22)6-11-5-10-3-1-2-4-14(10)24-11/h1-5,7,12,15,17-20H,6,8-9H2/t12-,15-,17?,18?/m1/s1. The number of Topliss-reactive ketones (excluding diaryl/α,β-unsaturated/α-hetero) is 2. The van der Waals surface area contributed by atoms with Crippen LogP contribution in [0.25, 0.3) is 11.0 Å². The van der Waals surface area contributed by atoms with Crippen molar-refractivity contribution in [2.45, 2.75) is 29.0 Å². The molecule has 6 nitrogen and oxygen atoms in total. The summed E-state index contributed by atoms with van der Waals surface area (Å²) in [7, 11) is 0. The smallest absolute Gasteiger partial charge is 0.166 e. The zero-order valence-electron chi connectivity index (χ0n) is 13.8. The Labute approximate surface area is 158 Å². The summed E-state index contributed by atoms with van der Waals surface area (Å²) in [6.07, 6.45) is 0.931. The quantitative estimate of drug-likeness (QED) is 0.715. The van der Waals surface area contributed by atoms with Crippen molar-refractivity contribution < 1.29 is 18.8 Å². The van der Waals surface area contributed by atoms with E-state index in [1.54, 1.807) is 0 Å². The van der Waals surface area contributed by atoms with Crippen LogP contribution in [0.2, 0.25) is 0 Å². The average Bonchev–Trinajstić information content (AvgIpc) is 3.38. The topological polar surface area (TPSA) is 88.4 Å². The zero-order chi connectivity index (χ0) is 18.1. The largest absolute Gasteiger partial charge is 0.461 e. The van der Waals surface area contributed by atoms with Crippen LogP contribution >= 0.6 is 23.5 Å². The maximum Gasteiger partial charge on any atom is 0.166 e. The number of nitrogens with one attached hydrogen (secondary N) is 2. The van der Waals surface area contributed by atoms with Crippen molar-refractivity contribution in [1.82, 2.24) is 10.6 Å². The van der Waals surface area contributed by atoms with Crippen LogP contribution in [0.4, 0.5) is 0 Å². The molecule has 4 atom stereocenters. The lowest BCUT2D eigenvalue weighted by Crippen LogP contribution is -2.49. The van der Waals surface area contributed by atoms with Gasteiger partial charge >= 0.3 is 0 Å². The van der Waals surface area contributed by atoms with Gasteiger partial charge in [-0.15, -0.1) is 23.5 Å². The van der Waals surface area contributed by atoms with E-state index < -0.39 is 22.6 Å². The summed E-state index contributed by atoms with van der Waals surface area (Å²) in [5.41, 5.74) is 0.752. The fraction of sp³-hybridized carbons (Fsp3) is 0.389. The van der Waals surface area contributed by atoms with Crippen LogP contribution in [0.3, 0.4) is 0 Å². The second kappa shape index (κ2) is 7.56. The first kappa shape index (κ1) is 17.8. The molecule has 2 N–H and O–H groups in total. The number of thioether (sulfide) groups is 2. The number of hydrogen-bond donors (Lipinski definition) is 2. The fourth-order valence-corrected chi connectivity index (χ4v) is 5.65. The van der Waals surface area contributed by atoms with E-state index in [0.717, 1.165) is 17.3 Å². The molecule has 26 heavy (non-hydrogen) atoms. The molecule has 0 spiro atoms. The Morgan fingerprint density at radius 2 is 1.92 bits per heavy atom. The Balaban J connectivity index is 1.47. The normalized spacial score (nSPS) is 28.5. The maximum absolute atomic E-state index is 12.9. The molecular formula is C18H18N2O4S2. The van der Waals surface area contributed by atoms with Crippen LogP contribution in [0.1, 0.15) is 5.76 Å². The van der Waals surface area contributed by atoms with E-state index in [4.69, 9.17) is 4.42 Å². The molecule has 3 heterocycles. The minimum Gasteiger partial charge on any atom is -0.461 e. The summed E-state index contributed by atoms with van der Waals surface area (Å²) < 4.78 is 5.73. The number of benzene rings is 1. The highest BCUT2D eigenvalue weighted by Crippen LogP contribution is 2.30. The Hall–Kier alpha value is -1.61. The minimum absolute atomic E-state index is 0.0315. The molecule has 0 amide bonds. The molecule has 1 aromatic heterocycles. The molecular weight excluding hydrogens is 372 g/mol. The third-order valence-corrected chi connectivity index (χ3v) is 7.10. The Morgan fingerprint density at radius 1 is 1.15 bits per heavy atom. The maximum atomic E-state index is 12.9. The van der Waals surface area contributed by atoms with Crippen molar-refractivity contribution in [2.75, 3.05) is 11.8 Å². The Morgan fingerprint density at radius 3 is 2.73 bits per heavy atom. The van der Waals surface area contributed by atoms with E-state index in [2.05, 4.69) is 10.6 Å². The van der Waals surface area contributed by atoms with E-state index in [9.17, 15) is 14.4 Å². The molecule has 2 unspecified atom stereocenters. The van der Waals surface area contributed by atoms with E-state index in [0.29, 0.717) is 17.5 Å². The summed E-state index contributed by atoms with van der Waals surface area (Å²) in [4.78, 5) is 36.8. The van der Waals surface area contributed by atoms with Gasteiger partial charge in [-0.2, -0.15) is 0 Å². The Bertz CT molecular complexity index is 820. The van der Waals surface area contributed by atoms with E-state index in [1.165, 1.54) is 23.5 Å². The predicted molar refractivity (Wildman–Crippen MR) is 102 cm³/mol. The van der Waals surface area contributed by atoms with Gasteiger partial charge in [-0.3, -0.25) is 20.2 Å². The van der Waals surface area contributed by atoms with Gasteiger partial charge in [0.25, 0.3) is 0 Å². The van der Waals surface area contributed by atoms with Gasteiger partial charge in [-0.25, -0.2) is 0 Å². The zero-order valence-corrected chi connectivity index (χ0v) is 15.5. The van der Waals surface area contributed by atoms with Crippen molar-refractivity contribution in [3.05, 3.63) is 36.1 Å². The summed E-state index contributed by atoms with van der Waals surface area (Å²) in [5.74, 6) is 1.61. The molecule has 0 radical (unpaired) electrons. The van der Waals surface area contributed by atoms with E-state index >= 15 is 0 Å². The number of fused-ring (bicyclic) bond motifs is 1. The fourth-order valence-electron chi connectivity index (χ4n) is 3.36. The van der Waals surface area contributed by atoms with Crippen LogP contribution < -0.4 is 10.6 Å². The van der Waals surface area contributed by atoms with Gasteiger partial charge in [0.2, 0.25) is 0 Å². The van der Waals surface area contributed by atoms with Crippen LogP contribution in [-0.4, -0.2) is 52.2 Å². The van der Waals surface area contributed by atoms with Crippen molar-refractivity contribution in [3.63, 3.8) is 0 Å². The van der Waals surface area contributed by atoms with E-state index in [1.807, 2.05) is 30.3 Å². The third-order valence-electron chi connectivity index (χ3n) is 4.65. The average molecular weight is 390 g/mol. The highest BCUT2D eigenvalue weighted by atomic mass is 32.2. The second-order valence-electron chi connectivity index (χ2n) is 6.31. The van der Waals surface area contributed by atoms with Crippen molar-refractivity contribution in [3.8, 4) is 0 Å².